The molecule has 0 radical (unpaired) electrons. The Balaban J connectivity index is 1.99. The predicted octanol–water partition coefficient (Wildman–Crippen LogP) is -0.728. The monoisotopic (exact) mass is 98.1 g/mol. The van der Waals surface area contributed by atoms with Crippen molar-refractivity contribution < 1.29 is 0 Å². The van der Waals surface area contributed by atoms with Crippen molar-refractivity contribution in [3.05, 3.63) is 0 Å². The third-order valence-electron chi connectivity index (χ3n) is 2.10. The smallest absolute Gasteiger partial charge is 0.0384 e. The molecule has 2 nitrogen and oxygen atoms in total. The van der Waals surface area contributed by atoms with E-state index >= 15 is 0 Å². The molecule has 0 aliphatic carbocycles. The summed E-state index contributed by atoms with van der Waals surface area (Å²) in [4.78, 5) is 2.39. The maximum absolute atomic E-state index is 3.33. The van der Waals surface area contributed by atoms with E-state index in [2.05, 4.69) is 17.3 Å². The van der Waals surface area contributed by atoms with E-state index in [0.717, 1.165) is 12.1 Å². The largest absolute Gasteiger partial charge is 0.310 e. The van der Waals surface area contributed by atoms with Crippen molar-refractivity contribution in [2.45, 2.75) is 12.1 Å². The minimum absolute atomic E-state index is 0.866. The molecule has 0 aromatic heterocycles. The Kier molecular flexibility index (Phi) is 0.557. The van der Waals surface area contributed by atoms with Crippen LogP contribution in [0.4, 0.5) is 0 Å². The summed E-state index contributed by atoms with van der Waals surface area (Å²) in [6, 6.07) is 1.77. The average molecular weight is 98.1 g/mol. The molecule has 2 atom stereocenters. The van der Waals surface area contributed by atoms with Gasteiger partial charge in [-0.05, 0) is 7.05 Å². The number of fused-ring (bicyclic) bond motifs is 1. The molecule has 2 heteroatoms. The molecule has 2 heterocycles. The molecule has 2 aliphatic rings. The van der Waals surface area contributed by atoms with Crippen molar-refractivity contribution in [1.82, 2.24) is 10.2 Å². The van der Waals surface area contributed by atoms with E-state index in [0.29, 0.717) is 0 Å². The molecule has 0 aromatic rings. The lowest BCUT2D eigenvalue weighted by molar-refractivity contribution is 0.00576. The van der Waals surface area contributed by atoms with Crippen molar-refractivity contribution >= 4 is 0 Å². The highest BCUT2D eigenvalue weighted by Gasteiger charge is 2.42. The van der Waals surface area contributed by atoms with Crippen molar-refractivity contribution in [1.29, 1.82) is 0 Å². The summed E-state index contributed by atoms with van der Waals surface area (Å²) in [6.45, 7) is 2.49. The number of rotatable bonds is 0. The molecule has 2 saturated heterocycles. The highest BCUT2D eigenvalue weighted by atomic mass is 15.3. The fourth-order valence-electron chi connectivity index (χ4n) is 1.35. The van der Waals surface area contributed by atoms with Crippen molar-refractivity contribution in [3.8, 4) is 0 Å². The molecule has 1 unspecified atom stereocenters. The minimum Gasteiger partial charge on any atom is -0.310 e. The number of hydrogen-bond acceptors (Lipinski definition) is 2. The summed E-state index contributed by atoms with van der Waals surface area (Å²) in [5.41, 5.74) is 0. The van der Waals surface area contributed by atoms with E-state index in [1.165, 1.54) is 13.1 Å². The van der Waals surface area contributed by atoms with Crippen molar-refractivity contribution in [2.24, 2.45) is 0 Å². The molecule has 0 aromatic carbocycles. The van der Waals surface area contributed by atoms with Crippen LogP contribution < -0.4 is 5.32 Å². The first-order valence-electron chi connectivity index (χ1n) is 2.81. The van der Waals surface area contributed by atoms with E-state index in [9.17, 15) is 0 Å². The van der Waals surface area contributed by atoms with Crippen molar-refractivity contribution in [2.75, 3.05) is 20.1 Å². The molecule has 2 aliphatic heterocycles. The highest BCUT2D eigenvalue weighted by molar-refractivity contribution is 5.04. The number of likely N-dealkylation sites (tertiary alicyclic amines) is 1. The Hall–Kier alpha value is -0.0800. The van der Waals surface area contributed by atoms with Gasteiger partial charge in [-0.2, -0.15) is 0 Å². The normalized spacial score (nSPS) is 49.3. The van der Waals surface area contributed by atoms with Crippen LogP contribution in [-0.4, -0.2) is 37.1 Å². The molecular weight excluding hydrogens is 88.1 g/mol. The Labute approximate surface area is 43.5 Å². The standard InChI is InChI=1S/C5H10N2/c1-7-3-4-5(7)2-6-4/h4-6H,2-3H2,1H3/t4?,5-/m0/s1. The van der Waals surface area contributed by atoms with Gasteiger partial charge in [0.1, 0.15) is 0 Å². The van der Waals surface area contributed by atoms with Crippen LogP contribution in [0.15, 0.2) is 0 Å². The van der Waals surface area contributed by atoms with Crippen LogP contribution in [0.5, 0.6) is 0 Å². The second-order valence-electron chi connectivity index (χ2n) is 2.52. The van der Waals surface area contributed by atoms with Gasteiger partial charge < -0.3 is 5.32 Å². The first kappa shape index (κ1) is 3.87. The van der Waals surface area contributed by atoms with Gasteiger partial charge in [-0.1, -0.05) is 0 Å². The van der Waals surface area contributed by atoms with Gasteiger partial charge >= 0.3 is 0 Å². The van der Waals surface area contributed by atoms with Gasteiger partial charge in [-0.15, -0.1) is 0 Å². The van der Waals surface area contributed by atoms with Crippen molar-refractivity contribution in [3.63, 3.8) is 0 Å². The highest BCUT2D eigenvalue weighted by Crippen LogP contribution is 2.21. The molecule has 0 bridgehead atoms. The lowest BCUT2D eigenvalue weighted by Gasteiger charge is -2.54. The minimum atomic E-state index is 0.866. The lowest BCUT2D eigenvalue weighted by Crippen LogP contribution is -2.76. The summed E-state index contributed by atoms with van der Waals surface area (Å²) in [5, 5.41) is 3.33. The number of likely N-dealkylation sites (N-methyl/N-ethyl adjacent to an activating group) is 1. The average Bonchev–Trinajstić information content (AvgIpc) is 1.59. The first-order valence-corrected chi connectivity index (χ1v) is 2.81. The number of hydrogen-bond donors (Lipinski definition) is 1. The second kappa shape index (κ2) is 1.01. The lowest BCUT2D eigenvalue weighted by atomic mass is 9.90. The van der Waals surface area contributed by atoms with Crippen LogP contribution in [0.1, 0.15) is 0 Å². The maximum Gasteiger partial charge on any atom is 0.0384 e. The number of nitrogens with one attached hydrogen (secondary N) is 1. The molecule has 2 fully saturated rings. The summed E-state index contributed by atoms with van der Waals surface area (Å²) >= 11 is 0. The molecule has 40 valence electrons. The number of nitrogens with zero attached hydrogens (tertiary/aromatic N) is 1. The van der Waals surface area contributed by atoms with Crippen LogP contribution in [0.2, 0.25) is 0 Å². The van der Waals surface area contributed by atoms with Gasteiger partial charge in [0.15, 0.2) is 0 Å². The van der Waals surface area contributed by atoms with Gasteiger partial charge in [0, 0.05) is 25.2 Å². The molecule has 0 spiro atoms. The molecule has 7 heavy (non-hydrogen) atoms. The zero-order valence-electron chi connectivity index (χ0n) is 4.52. The maximum atomic E-state index is 3.33. The van der Waals surface area contributed by atoms with Crippen LogP contribution >= 0.6 is 0 Å². The first-order chi connectivity index (χ1) is 3.38. The predicted molar refractivity (Wildman–Crippen MR) is 28.2 cm³/mol. The van der Waals surface area contributed by atoms with Gasteiger partial charge in [-0.25, -0.2) is 0 Å². The van der Waals surface area contributed by atoms with Crippen LogP contribution in [-0.2, 0) is 0 Å². The number of piperazine rings is 1. The van der Waals surface area contributed by atoms with E-state index < -0.39 is 0 Å². The Morgan fingerprint density at radius 1 is 1.71 bits per heavy atom. The van der Waals surface area contributed by atoms with Gasteiger partial charge in [0.25, 0.3) is 0 Å². The fourth-order valence-corrected chi connectivity index (χ4v) is 1.35. The van der Waals surface area contributed by atoms with E-state index in [-0.39, 0.29) is 0 Å². The summed E-state index contributed by atoms with van der Waals surface area (Å²) in [5.74, 6) is 0. The summed E-state index contributed by atoms with van der Waals surface area (Å²) in [7, 11) is 2.18. The zero-order valence-corrected chi connectivity index (χ0v) is 4.52. The third-order valence-corrected chi connectivity index (χ3v) is 2.10. The van der Waals surface area contributed by atoms with Crippen LogP contribution in [0.25, 0.3) is 0 Å². The van der Waals surface area contributed by atoms with Gasteiger partial charge in [-0.3, -0.25) is 4.90 Å². The zero-order chi connectivity index (χ0) is 4.85. The van der Waals surface area contributed by atoms with Gasteiger partial charge in [0.2, 0.25) is 0 Å². The molecule has 2 rings (SSSR count). The Morgan fingerprint density at radius 2 is 2.57 bits per heavy atom. The Bertz CT molecular complexity index is 88.1. The molecular formula is C5H10N2. The molecule has 0 saturated carbocycles. The molecule has 0 amide bonds. The SMILES string of the molecule is CN1CC2NC[C@@H]21. The second-order valence-corrected chi connectivity index (χ2v) is 2.52. The van der Waals surface area contributed by atoms with E-state index in [1.54, 1.807) is 0 Å². The van der Waals surface area contributed by atoms with E-state index in [1.807, 2.05) is 0 Å². The topological polar surface area (TPSA) is 15.3 Å². The van der Waals surface area contributed by atoms with Crippen LogP contribution in [0.3, 0.4) is 0 Å². The van der Waals surface area contributed by atoms with Gasteiger partial charge in [0.05, 0.1) is 0 Å². The fraction of sp³-hybridized carbons (Fsp3) is 1.00. The van der Waals surface area contributed by atoms with E-state index in [4.69, 9.17) is 0 Å². The Morgan fingerprint density at radius 3 is 2.57 bits per heavy atom. The molecule has 1 N–H and O–H groups in total. The quantitative estimate of drug-likeness (QED) is 0.430. The third kappa shape index (κ3) is 0.318. The summed E-state index contributed by atoms with van der Waals surface area (Å²) < 4.78 is 0. The van der Waals surface area contributed by atoms with Crippen LogP contribution in [0, 0.1) is 0 Å². The summed E-state index contributed by atoms with van der Waals surface area (Å²) in [6.07, 6.45) is 0.